The Morgan fingerprint density at radius 2 is 1.88 bits per heavy atom. The smallest absolute Gasteiger partial charge is 0.136 e. The highest BCUT2D eigenvalue weighted by atomic mass is 27.0. The van der Waals surface area contributed by atoms with Crippen LogP contribution in [0.1, 0.15) is 5.56 Å². The van der Waals surface area contributed by atoms with Crippen LogP contribution in [0.2, 0.25) is 0 Å². The van der Waals surface area contributed by atoms with Crippen LogP contribution < -0.4 is 4.43 Å². The van der Waals surface area contributed by atoms with Gasteiger partial charge in [0.1, 0.15) is 0 Å². The summed E-state index contributed by atoms with van der Waals surface area (Å²) in [4.78, 5) is 0. The first-order valence-corrected chi connectivity index (χ1v) is 3.19. The maximum atomic E-state index is 2.69. The summed E-state index contributed by atoms with van der Waals surface area (Å²) in [6, 6.07) is 8.26. The minimum Gasteiger partial charge on any atom is -0.136 e. The molecule has 8 heavy (non-hydrogen) atoms. The molecule has 0 saturated carbocycles. The first-order valence-electron chi connectivity index (χ1n) is 2.62. The van der Waals surface area contributed by atoms with Crippen molar-refractivity contribution in [2.45, 2.75) is 6.92 Å². The molecular weight excluding hydrogens is 111 g/mol. The Balaban J connectivity index is 3.13. The molecule has 0 aliphatic rings. The van der Waals surface area contributed by atoms with Crippen molar-refractivity contribution in [3.05, 3.63) is 29.8 Å². The highest BCUT2D eigenvalue weighted by molar-refractivity contribution is 6.33. The second-order valence-corrected chi connectivity index (χ2v) is 2.48. The average Bonchev–Trinajstić information content (AvgIpc) is 1.77. The molecule has 0 atom stereocenters. The molecule has 38 valence electrons. The second kappa shape index (κ2) is 2.35. The SMILES string of the molecule is Cc1cccc[c]1[Al]. The maximum Gasteiger partial charge on any atom is 0.175 e. The van der Waals surface area contributed by atoms with Gasteiger partial charge in [-0.05, 0) is 6.92 Å². The lowest BCUT2D eigenvalue weighted by atomic mass is 10.2. The van der Waals surface area contributed by atoms with Crippen LogP contribution in [0, 0.1) is 6.92 Å². The summed E-state index contributed by atoms with van der Waals surface area (Å²) in [7, 11) is 0. The molecule has 0 spiro atoms. The molecule has 0 heterocycles. The zero-order chi connectivity index (χ0) is 5.98. The molecule has 0 fully saturated rings. The lowest BCUT2D eigenvalue weighted by Crippen LogP contribution is -2.04. The Hall–Kier alpha value is -0.248. The lowest BCUT2D eigenvalue weighted by Gasteiger charge is -1.95. The van der Waals surface area contributed by atoms with Crippen LogP contribution in [0.4, 0.5) is 0 Å². The fourth-order valence-corrected chi connectivity index (χ4v) is 0.794. The molecule has 1 rings (SSSR count). The van der Waals surface area contributed by atoms with Gasteiger partial charge < -0.3 is 0 Å². The molecule has 0 aromatic heterocycles. The van der Waals surface area contributed by atoms with E-state index in [1.54, 1.807) is 0 Å². The highest BCUT2D eigenvalue weighted by Crippen LogP contribution is 1.88. The molecule has 1 heteroatoms. The van der Waals surface area contributed by atoms with Gasteiger partial charge in [0.2, 0.25) is 0 Å². The maximum absolute atomic E-state index is 2.69. The Bertz CT molecular complexity index is 160. The van der Waals surface area contributed by atoms with E-state index in [2.05, 4.69) is 35.3 Å². The van der Waals surface area contributed by atoms with Crippen LogP contribution in [-0.2, 0) is 0 Å². The van der Waals surface area contributed by atoms with Crippen LogP contribution >= 0.6 is 0 Å². The number of rotatable bonds is 0. The van der Waals surface area contributed by atoms with E-state index in [0.29, 0.717) is 0 Å². The van der Waals surface area contributed by atoms with Gasteiger partial charge in [-0.15, -0.1) is 4.43 Å². The van der Waals surface area contributed by atoms with Crippen molar-refractivity contribution in [3.63, 3.8) is 0 Å². The fourth-order valence-electron chi connectivity index (χ4n) is 0.587. The number of hydrogen-bond donors (Lipinski definition) is 0. The Morgan fingerprint density at radius 1 is 1.25 bits per heavy atom. The minimum atomic E-state index is 1.28. The van der Waals surface area contributed by atoms with Crippen molar-refractivity contribution in [2.75, 3.05) is 0 Å². The zero-order valence-electron chi connectivity index (χ0n) is 4.89. The van der Waals surface area contributed by atoms with Gasteiger partial charge in [0, 0.05) is 0 Å². The molecule has 0 nitrogen and oxygen atoms in total. The van der Waals surface area contributed by atoms with Crippen molar-refractivity contribution in [1.29, 1.82) is 0 Å². The van der Waals surface area contributed by atoms with Crippen molar-refractivity contribution < 1.29 is 0 Å². The summed E-state index contributed by atoms with van der Waals surface area (Å²) >= 11 is 2.69. The van der Waals surface area contributed by atoms with Gasteiger partial charge >= 0.3 is 0 Å². The lowest BCUT2D eigenvalue weighted by molar-refractivity contribution is 1.52. The van der Waals surface area contributed by atoms with E-state index in [4.69, 9.17) is 0 Å². The van der Waals surface area contributed by atoms with Crippen LogP contribution in [0.15, 0.2) is 24.3 Å². The summed E-state index contributed by atoms with van der Waals surface area (Å²) in [5.41, 5.74) is 1.33. The van der Waals surface area contributed by atoms with Gasteiger partial charge in [0.15, 0.2) is 16.3 Å². The van der Waals surface area contributed by atoms with Gasteiger partial charge in [-0.2, -0.15) is 0 Å². The Kier molecular flexibility index (Phi) is 1.73. The van der Waals surface area contributed by atoms with Crippen LogP contribution in [0.25, 0.3) is 0 Å². The molecule has 0 bridgehead atoms. The molecule has 0 aliphatic carbocycles. The Labute approximate surface area is 58.0 Å². The predicted octanol–water partition coefficient (Wildman–Crippen LogP) is 0.789. The molecule has 0 amide bonds. The molecule has 0 unspecified atom stereocenters. The normalized spacial score (nSPS) is 9.12. The monoisotopic (exact) mass is 118 g/mol. The van der Waals surface area contributed by atoms with Crippen LogP contribution in [-0.4, -0.2) is 16.3 Å². The molecule has 2 radical (unpaired) electrons. The van der Waals surface area contributed by atoms with Crippen LogP contribution in [0.5, 0.6) is 0 Å². The fraction of sp³-hybridized carbons (Fsp3) is 0.143. The van der Waals surface area contributed by atoms with Crippen molar-refractivity contribution in [3.8, 4) is 0 Å². The summed E-state index contributed by atoms with van der Waals surface area (Å²) in [5, 5.41) is 0. The van der Waals surface area contributed by atoms with E-state index >= 15 is 0 Å². The number of aryl methyl sites for hydroxylation is 1. The molecule has 1 aromatic rings. The third-order valence-corrected chi connectivity index (χ3v) is 1.84. The molecule has 0 aliphatic heterocycles. The van der Waals surface area contributed by atoms with E-state index in [-0.39, 0.29) is 0 Å². The standard InChI is InChI=1S/C7H7.Al/c1-7-5-3-2-4-6-7;/h2-5H,1H3;. The summed E-state index contributed by atoms with van der Waals surface area (Å²) in [6.45, 7) is 2.10. The van der Waals surface area contributed by atoms with Gasteiger partial charge in [0.25, 0.3) is 0 Å². The number of benzene rings is 1. The third kappa shape index (κ3) is 1.12. The predicted molar refractivity (Wildman–Crippen MR) is 36.6 cm³/mol. The van der Waals surface area contributed by atoms with E-state index in [9.17, 15) is 0 Å². The second-order valence-electron chi connectivity index (χ2n) is 1.86. The molecule has 0 saturated heterocycles. The number of hydrogen-bond acceptors (Lipinski definition) is 0. The Morgan fingerprint density at radius 3 is 2.25 bits per heavy atom. The first kappa shape index (κ1) is 5.88. The summed E-state index contributed by atoms with van der Waals surface area (Å²) in [5.74, 6) is 0. The van der Waals surface area contributed by atoms with E-state index in [1.807, 2.05) is 12.1 Å². The largest absolute Gasteiger partial charge is 0.175 e. The summed E-state index contributed by atoms with van der Waals surface area (Å²) < 4.78 is 1.28. The van der Waals surface area contributed by atoms with Crippen molar-refractivity contribution in [2.24, 2.45) is 0 Å². The molecular formula is C7H7Al. The first-order chi connectivity index (χ1) is 3.80. The molecule has 1 aromatic carbocycles. The van der Waals surface area contributed by atoms with Gasteiger partial charge in [-0.3, -0.25) is 0 Å². The minimum absolute atomic E-state index is 1.28. The third-order valence-electron chi connectivity index (χ3n) is 1.19. The van der Waals surface area contributed by atoms with E-state index < -0.39 is 0 Å². The zero-order valence-corrected chi connectivity index (χ0v) is 6.04. The van der Waals surface area contributed by atoms with Crippen LogP contribution in [0.3, 0.4) is 0 Å². The van der Waals surface area contributed by atoms with Gasteiger partial charge in [-0.1, -0.05) is 29.8 Å². The quantitative estimate of drug-likeness (QED) is 0.442. The van der Waals surface area contributed by atoms with E-state index in [0.717, 1.165) is 0 Å². The van der Waals surface area contributed by atoms with E-state index in [1.165, 1.54) is 9.99 Å². The van der Waals surface area contributed by atoms with Crippen molar-refractivity contribution >= 4 is 20.7 Å². The molecule has 0 N–H and O–H groups in total. The van der Waals surface area contributed by atoms with Gasteiger partial charge in [0.05, 0.1) is 0 Å². The topological polar surface area (TPSA) is 0 Å². The summed E-state index contributed by atoms with van der Waals surface area (Å²) in [6.07, 6.45) is 0. The highest BCUT2D eigenvalue weighted by Gasteiger charge is 1.82. The average molecular weight is 118 g/mol. The van der Waals surface area contributed by atoms with Gasteiger partial charge in [-0.25, -0.2) is 0 Å². The van der Waals surface area contributed by atoms with Crippen molar-refractivity contribution in [1.82, 2.24) is 0 Å².